The fourth-order valence-corrected chi connectivity index (χ4v) is 2.21. The number of rotatable bonds is 5. The summed E-state index contributed by atoms with van der Waals surface area (Å²) in [4.78, 5) is 0. The summed E-state index contributed by atoms with van der Waals surface area (Å²) in [7, 11) is -1.92. The van der Waals surface area contributed by atoms with E-state index in [1.54, 1.807) is 19.9 Å². The molecule has 1 aromatic carbocycles. The molecule has 0 amide bonds. The summed E-state index contributed by atoms with van der Waals surface area (Å²) in [5, 5.41) is 0. The predicted molar refractivity (Wildman–Crippen MR) is 64.0 cm³/mol. The van der Waals surface area contributed by atoms with E-state index in [-0.39, 0.29) is 11.5 Å². The molecule has 0 spiro atoms. The number of hydrogen-bond donors (Lipinski definition) is 1. The van der Waals surface area contributed by atoms with E-state index in [9.17, 15) is 12.8 Å². The third kappa shape index (κ3) is 3.67. The van der Waals surface area contributed by atoms with Crippen LogP contribution in [0, 0.1) is 5.82 Å². The fraction of sp³-hybridized carbons (Fsp3) is 0.455. The van der Waals surface area contributed by atoms with Crippen LogP contribution in [0.4, 0.5) is 4.39 Å². The summed E-state index contributed by atoms with van der Waals surface area (Å²) in [5.41, 5.74) is 0.556. The average molecular weight is 261 g/mol. The zero-order valence-electron chi connectivity index (χ0n) is 10.0. The van der Waals surface area contributed by atoms with E-state index in [1.807, 2.05) is 0 Å². The van der Waals surface area contributed by atoms with Crippen LogP contribution in [0.15, 0.2) is 18.2 Å². The molecule has 0 aliphatic rings. The number of ether oxygens (including phenoxy) is 1. The minimum absolute atomic E-state index is 0.00399. The molecule has 0 heterocycles. The second-order valence-electron chi connectivity index (χ2n) is 3.64. The van der Waals surface area contributed by atoms with Gasteiger partial charge in [0.05, 0.1) is 12.9 Å². The van der Waals surface area contributed by atoms with Crippen molar-refractivity contribution in [3.63, 3.8) is 0 Å². The standard InChI is InChI=1S/C11H16FNO3S/c1-4-17(14,15)13-8(2)9-5-6-11(16-3)10(12)7-9/h5-8,13H,4H2,1-3H3. The molecule has 1 rings (SSSR count). The van der Waals surface area contributed by atoms with Crippen LogP contribution in [-0.2, 0) is 10.0 Å². The number of sulfonamides is 1. The second kappa shape index (κ2) is 5.46. The van der Waals surface area contributed by atoms with Crippen molar-refractivity contribution in [3.8, 4) is 5.75 Å². The predicted octanol–water partition coefficient (Wildman–Crippen LogP) is 1.83. The first-order chi connectivity index (χ1) is 7.89. The Morgan fingerprint density at radius 3 is 2.59 bits per heavy atom. The molecular formula is C11H16FNO3S. The summed E-state index contributed by atoms with van der Waals surface area (Å²) in [5.74, 6) is -0.373. The second-order valence-corrected chi connectivity index (χ2v) is 5.68. The lowest BCUT2D eigenvalue weighted by Crippen LogP contribution is -2.28. The van der Waals surface area contributed by atoms with Gasteiger partial charge in [-0.3, -0.25) is 0 Å². The van der Waals surface area contributed by atoms with Crippen molar-refractivity contribution >= 4 is 10.0 Å². The Labute approximate surface area is 101 Å². The highest BCUT2D eigenvalue weighted by atomic mass is 32.2. The number of halogens is 1. The molecule has 0 aliphatic heterocycles. The molecule has 1 atom stereocenters. The SMILES string of the molecule is CCS(=O)(=O)NC(C)c1ccc(OC)c(F)c1. The van der Waals surface area contributed by atoms with Gasteiger partial charge in [0.15, 0.2) is 11.6 Å². The Kier molecular flexibility index (Phi) is 4.47. The van der Waals surface area contributed by atoms with Gasteiger partial charge in [0, 0.05) is 6.04 Å². The third-order valence-electron chi connectivity index (χ3n) is 2.41. The summed E-state index contributed by atoms with van der Waals surface area (Å²) in [6.07, 6.45) is 0. The lowest BCUT2D eigenvalue weighted by molar-refractivity contribution is 0.386. The smallest absolute Gasteiger partial charge is 0.211 e. The molecule has 0 aromatic heterocycles. The molecule has 1 unspecified atom stereocenters. The molecule has 0 aliphatic carbocycles. The van der Waals surface area contributed by atoms with Crippen molar-refractivity contribution in [1.29, 1.82) is 0 Å². The lowest BCUT2D eigenvalue weighted by Gasteiger charge is -2.14. The van der Waals surface area contributed by atoms with Crippen molar-refractivity contribution < 1.29 is 17.5 Å². The van der Waals surface area contributed by atoms with Crippen molar-refractivity contribution in [2.75, 3.05) is 12.9 Å². The molecule has 17 heavy (non-hydrogen) atoms. The number of nitrogens with one attached hydrogen (secondary N) is 1. The Morgan fingerprint density at radius 2 is 2.12 bits per heavy atom. The fourth-order valence-electron chi connectivity index (χ4n) is 1.37. The van der Waals surface area contributed by atoms with Gasteiger partial charge in [-0.05, 0) is 31.5 Å². The van der Waals surface area contributed by atoms with Crippen LogP contribution in [0.5, 0.6) is 5.75 Å². The van der Waals surface area contributed by atoms with Gasteiger partial charge in [-0.15, -0.1) is 0 Å². The first-order valence-electron chi connectivity index (χ1n) is 5.23. The first-order valence-corrected chi connectivity index (χ1v) is 6.88. The van der Waals surface area contributed by atoms with Crippen molar-refractivity contribution in [1.82, 2.24) is 4.72 Å². The van der Waals surface area contributed by atoms with Crippen LogP contribution in [-0.4, -0.2) is 21.3 Å². The summed E-state index contributed by atoms with van der Waals surface area (Å²) in [6, 6.07) is 3.90. The van der Waals surface area contributed by atoms with Gasteiger partial charge in [-0.2, -0.15) is 0 Å². The van der Waals surface area contributed by atoms with Crippen LogP contribution < -0.4 is 9.46 Å². The molecule has 1 N–H and O–H groups in total. The van der Waals surface area contributed by atoms with Gasteiger partial charge in [-0.1, -0.05) is 6.07 Å². The monoisotopic (exact) mass is 261 g/mol. The summed E-state index contributed by atoms with van der Waals surface area (Å²) >= 11 is 0. The molecule has 0 bridgehead atoms. The minimum Gasteiger partial charge on any atom is -0.494 e. The van der Waals surface area contributed by atoms with E-state index < -0.39 is 21.9 Å². The highest BCUT2D eigenvalue weighted by Crippen LogP contribution is 2.22. The van der Waals surface area contributed by atoms with Crippen LogP contribution in [0.1, 0.15) is 25.5 Å². The van der Waals surface area contributed by atoms with Crippen molar-refractivity contribution in [2.45, 2.75) is 19.9 Å². The number of hydrogen-bond acceptors (Lipinski definition) is 3. The van der Waals surface area contributed by atoms with Crippen LogP contribution >= 0.6 is 0 Å². The molecule has 6 heteroatoms. The van der Waals surface area contributed by atoms with Crippen molar-refractivity contribution in [2.24, 2.45) is 0 Å². The highest BCUT2D eigenvalue weighted by molar-refractivity contribution is 7.89. The van der Waals surface area contributed by atoms with E-state index in [4.69, 9.17) is 4.74 Å². The zero-order valence-corrected chi connectivity index (χ0v) is 10.8. The molecule has 0 saturated carbocycles. The van der Waals surface area contributed by atoms with E-state index in [1.165, 1.54) is 19.2 Å². The lowest BCUT2D eigenvalue weighted by atomic mass is 10.1. The molecule has 96 valence electrons. The van der Waals surface area contributed by atoms with Crippen LogP contribution in [0.2, 0.25) is 0 Å². The topological polar surface area (TPSA) is 55.4 Å². The maximum Gasteiger partial charge on any atom is 0.211 e. The van der Waals surface area contributed by atoms with Gasteiger partial charge < -0.3 is 4.74 Å². The van der Waals surface area contributed by atoms with E-state index in [2.05, 4.69) is 4.72 Å². The molecule has 0 radical (unpaired) electrons. The van der Waals surface area contributed by atoms with E-state index >= 15 is 0 Å². The molecule has 0 fully saturated rings. The summed E-state index contributed by atoms with van der Waals surface area (Å²) in [6.45, 7) is 3.21. The zero-order chi connectivity index (χ0) is 13.1. The normalized spacial score (nSPS) is 13.4. The van der Waals surface area contributed by atoms with Crippen LogP contribution in [0.25, 0.3) is 0 Å². The Hall–Kier alpha value is -1.14. The molecule has 4 nitrogen and oxygen atoms in total. The average Bonchev–Trinajstić information content (AvgIpc) is 2.28. The van der Waals surface area contributed by atoms with Crippen molar-refractivity contribution in [3.05, 3.63) is 29.6 Å². The van der Waals surface area contributed by atoms with Gasteiger partial charge in [0.1, 0.15) is 0 Å². The number of benzene rings is 1. The quantitative estimate of drug-likeness (QED) is 0.879. The van der Waals surface area contributed by atoms with Gasteiger partial charge in [0.25, 0.3) is 0 Å². The first kappa shape index (κ1) is 13.9. The Balaban J connectivity index is 2.90. The molecule has 0 saturated heterocycles. The summed E-state index contributed by atoms with van der Waals surface area (Å²) < 4.78 is 43.4. The van der Waals surface area contributed by atoms with E-state index in [0.717, 1.165) is 0 Å². The van der Waals surface area contributed by atoms with Gasteiger partial charge >= 0.3 is 0 Å². The van der Waals surface area contributed by atoms with Crippen LogP contribution in [0.3, 0.4) is 0 Å². The minimum atomic E-state index is -3.30. The molecular weight excluding hydrogens is 245 g/mol. The maximum absolute atomic E-state index is 13.4. The van der Waals surface area contributed by atoms with Gasteiger partial charge in [0.2, 0.25) is 10.0 Å². The van der Waals surface area contributed by atoms with Gasteiger partial charge in [-0.25, -0.2) is 17.5 Å². The Bertz CT molecular complexity index is 487. The maximum atomic E-state index is 13.4. The Morgan fingerprint density at radius 1 is 1.47 bits per heavy atom. The molecule has 1 aromatic rings. The van der Waals surface area contributed by atoms with E-state index in [0.29, 0.717) is 5.56 Å². The number of methoxy groups -OCH3 is 1. The largest absolute Gasteiger partial charge is 0.494 e. The third-order valence-corrected chi connectivity index (χ3v) is 3.88. The highest BCUT2D eigenvalue weighted by Gasteiger charge is 2.15.